The van der Waals surface area contributed by atoms with E-state index in [-0.39, 0.29) is 0 Å². The highest BCUT2D eigenvalue weighted by Crippen LogP contribution is 2.38. The largest absolute Gasteiger partial charge is 0.492 e. The average Bonchev–Trinajstić information content (AvgIpc) is 3.25. The molecule has 2 aliphatic carbocycles. The highest BCUT2D eigenvalue weighted by atomic mass is 16.5. The second-order valence-corrected chi connectivity index (χ2v) is 15.5. The van der Waals surface area contributed by atoms with Gasteiger partial charge < -0.3 is 9.47 Å². The Hall–Kier alpha value is -4.54. The Morgan fingerprint density at radius 2 is 0.891 bits per heavy atom. The molecule has 2 heterocycles. The van der Waals surface area contributed by atoms with Crippen LogP contribution in [0.15, 0.2) is 85.2 Å². The number of unbranched alkanes of at least 4 members (excludes halogenated alkanes) is 3. The molecule has 2 fully saturated rings. The van der Waals surface area contributed by atoms with Crippen LogP contribution in [0.4, 0.5) is 0 Å². The lowest BCUT2D eigenvalue weighted by Gasteiger charge is -2.28. The van der Waals surface area contributed by atoms with E-state index in [4.69, 9.17) is 9.47 Å². The number of aromatic nitrogens is 2. The molecule has 6 rings (SSSR count). The molecular weight excluding hydrogens is 673 g/mol. The topological polar surface area (TPSA) is 44.2 Å². The summed E-state index contributed by atoms with van der Waals surface area (Å²) < 4.78 is 11.3. The van der Waals surface area contributed by atoms with Gasteiger partial charge in [-0.15, -0.1) is 0 Å². The van der Waals surface area contributed by atoms with E-state index in [9.17, 15) is 0 Å². The number of hydrogen-bond acceptors (Lipinski definition) is 4. The van der Waals surface area contributed by atoms with Crippen LogP contribution < -0.4 is 9.47 Å². The van der Waals surface area contributed by atoms with Gasteiger partial charge in [0.2, 0.25) is 0 Å². The molecule has 0 bridgehead atoms. The third kappa shape index (κ3) is 14.2. The summed E-state index contributed by atoms with van der Waals surface area (Å²) in [4.78, 5) is 8.78. The normalized spacial score (nSPS) is 19.1. The predicted octanol–water partition coefficient (Wildman–Crippen LogP) is 13.1. The Morgan fingerprint density at radius 3 is 1.25 bits per heavy atom. The van der Waals surface area contributed by atoms with Crippen LogP contribution >= 0.6 is 0 Å². The lowest BCUT2D eigenvalue weighted by atomic mass is 9.78. The quantitative estimate of drug-likeness (QED) is 0.101. The van der Waals surface area contributed by atoms with E-state index in [2.05, 4.69) is 110 Å². The summed E-state index contributed by atoms with van der Waals surface area (Å²) in [6.45, 7) is 10.5. The van der Waals surface area contributed by atoms with Crippen molar-refractivity contribution in [1.82, 2.24) is 9.97 Å². The third-order valence-corrected chi connectivity index (χ3v) is 11.5. The maximum absolute atomic E-state index is 5.70. The zero-order valence-corrected chi connectivity index (χ0v) is 34.1. The Balaban J connectivity index is 0.000000211. The molecule has 0 N–H and O–H groups in total. The molecule has 4 nitrogen and oxygen atoms in total. The van der Waals surface area contributed by atoms with Crippen molar-refractivity contribution in [3.05, 3.63) is 119 Å². The van der Waals surface area contributed by atoms with Gasteiger partial charge >= 0.3 is 0 Å². The number of nitrogens with zero attached hydrogens (tertiary/aromatic N) is 2. The van der Waals surface area contributed by atoms with Crippen molar-refractivity contribution in [2.24, 2.45) is 11.8 Å². The first-order chi connectivity index (χ1) is 27.1. The molecule has 4 aromatic rings. The van der Waals surface area contributed by atoms with Gasteiger partial charge in [-0.3, -0.25) is 0 Å². The smallest absolute Gasteiger partial charge is 0.137 e. The summed E-state index contributed by atoms with van der Waals surface area (Å²) in [6, 6.07) is 25.4. The molecule has 2 aliphatic rings. The van der Waals surface area contributed by atoms with Crippen molar-refractivity contribution in [2.75, 3.05) is 13.2 Å². The van der Waals surface area contributed by atoms with Crippen LogP contribution in [0, 0.1) is 35.5 Å². The van der Waals surface area contributed by atoms with Crippen LogP contribution in [-0.2, 0) is 0 Å². The molecule has 0 aliphatic heterocycles. The van der Waals surface area contributed by atoms with E-state index in [0.717, 1.165) is 90.2 Å². The molecule has 2 saturated carbocycles. The molecule has 0 unspecified atom stereocenters. The fourth-order valence-electron chi connectivity index (χ4n) is 7.71. The second-order valence-electron chi connectivity index (χ2n) is 15.5. The van der Waals surface area contributed by atoms with Gasteiger partial charge in [0, 0.05) is 11.1 Å². The van der Waals surface area contributed by atoms with E-state index in [1.54, 1.807) is 12.4 Å². The van der Waals surface area contributed by atoms with E-state index < -0.39 is 0 Å². The Bertz CT molecular complexity index is 1770. The van der Waals surface area contributed by atoms with E-state index in [0.29, 0.717) is 0 Å². The maximum Gasteiger partial charge on any atom is 0.137 e. The summed E-state index contributed by atoms with van der Waals surface area (Å²) in [5.74, 6) is 17.8. The minimum Gasteiger partial charge on any atom is -0.492 e. The SMILES string of the molecule is CCCCCOc1ccc(C#Cc2ccc([C@H]3CC[C@H](CC)CC3)cc2)nc1.CCCCOc1ccc(C#Cc2ccc([C@H]3CC[C@H](CC)CC3)cc2)nc1. The predicted molar refractivity (Wildman–Crippen MR) is 229 cm³/mol. The number of benzene rings is 2. The van der Waals surface area contributed by atoms with Gasteiger partial charge in [-0.25, -0.2) is 9.97 Å². The van der Waals surface area contributed by atoms with Gasteiger partial charge in [0.05, 0.1) is 25.6 Å². The standard InChI is InChI=1S/C26H33NO.C25H31NO/c1-3-5-6-19-28-26-18-17-25(27-20-26)16-11-22-9-14-24(15-10-22)23-12-7-21(4-2)8-13-23;1-3-5-18-27-25-17-16-24(26-19-25)15-10-21-8-13-23(14-9-21)22-11-6-20(4-2)7-12-22/h9-10,14-15,17-18,20-21,23H,3-8,12-13,19H2,1-2H3;8-9,13-14,16-17,19-20,22H,3-7,11-12,18H2,1-2H3/t21-,23-;20-,22-. The van der Waals surface area contributed by atoms with E-state index >= 15 is 0 Å². The van der Waals surface area contributed by atoms with Crippen molar-refractivity contribution in [1.29, 1.82) is 0 Å². The summed E-state index contributed by atoms with van der Waals surface area (Å²) in [5, 5.41) is 0. The summed E-state index contributed by atoms with van der Waals surface area (Å²) >= 11 is 0. The van der Waals surface area contributed by atoms with Gasteiger partial charge in [0.1, 0.15) is 22.9 Å². The number of ether oxygens (including phenoxy) is 2. The van der Waals surface area contributed by atoms with Gasteiger partial charge in [0.25, 0.3) is 0 Å². The van der Waals surface area contributed by atoms with Gasteiger partial charge in [-0.2, -0.15) is 0 Å². The molecule has 2 aromatic carbocycles. The molecule has 4 heteroatoms. The molecule has 290 valence electrons. The van der Waals surface area contributed by atoms with Crippen LogP contribution in [0.3, 0.4) is 0 Å². The zero-order chi connectivity index (χ0) is 38.5. The van der Waals surface area contributed by atoms with E-state index in [1.165, 1.54) is 88.2 Å². The summed E-state index contributed by atoms with van der Waals surface area (Å²) in [7, 11) is 0. The number of rotatable bonds is 13. The van der Waals surface area contributed by atoms with Crippen LogP contribution in [-0.4, -0.2) is 23.2 Å². The Kier molecular flexibility index (Phi) is 17.7. The molecule has 0 atom stereocenters. The highest BCUT2D eigenvalue weighted by molar-refractivity contribution is 5.43. The zero-order valence-electron chi connectivity index (χ0n) is 34.1. The van der Waals surface area contributed by atoms with Crippen molar-refractivity contribution in [2.45, 2.75) is 136 Å². The third-order valence-electron chi connectivity index (χ3n) is 11.5. The number of hydrogen-bond donors (Lipinski definition) is 0. The minimum atomic E-state index is 0.733. The average molecular weight is 737 g/mol. The van der Waals surface area contributed by atoms with Crippen molar-refractivity contribution in [3.63, 3.8) is 0 Å². The Labute approximate surface area is 333 Å². The van der Waals surface area contributed by atoms with Crippen molar-refractivity contribution >= 4 is 0 Å². The molecule has 55 heavy (non-hydrogen) atoms. The highest BCUT2D eigenvalue weighted by Gasteiger charge is 2.22. The van der Waals surface area contributed by atoms with Crippen LogP contribution in [0.1, 0.15) is 169 Å². The molecule has 0 radical (unpaired) electrons. The first kappa shape index (κ1) is 41.6. The van der Waals surface area contributed by atoms with Gasteiger partial charge in [-0.1, -0.05) is 95.9 Å². The minimum absolute atomic E-state index is 0.733. The molecule has 2 aromatic heterocycles. The molecular formula is C51H64N2O2. The van der Waals surface area contributed by atoms with Crippen LogP contribution in [0.25, 0.3) is 0 Å². The molecule has 0 spiro atoms. The summed E-state index contributed by atoms with van der Waals surface area (Å²) in [6.07, 6.45) is 22.8. The van der Waals surface area contributed by atoms with Gasteiger partial charge in [0.15, 0.2) is 0 Å². The fraction of sp³-hybridized carbons (Fsp3) is 0.490. The molecule has 0 amide bonds. The Morgan fingerprint density at radius 1 is 0.473 bits per heavy atom. The lowest BCUT2D eigenvalue weighted by molar-refractivity contribution is 0.305. The monoisotopic (exact) mass is 736 g/mol. The van der Waals surface area contributed by atoms with Crippen LogP contribution in [0.2, 0.25) is 0 Å². The molecule has 0 saturated heterocycles. The number of pyridine rings is 2. The van der Waals surface area contributed by atoms with E-state index in [1.807, 2.05) is 24.3 Å². The van der Waals surface area contributed by atoms with Crippen molar-refractivity contribution in [3.8, 4) is 35.2 Å². The lowest BCUT2D eigenvalue weighted by Crippen LogP contribution is -2.12. The maximum atomic E-state index is 5.70. The summed E-state index contributed by atoms with van der Waals surface area (Å²) in [5.41, 5.74) is 6.60. The fourth-order valence-corrected chi connectivity index (χ4v) is 7.71. The first-order valence-electron chi connectivity index (χ1n) is 21.5. The van der Waals surface area contributed by atoms with Crippen LogP contribution in [0.5, 0.6) is 11.5 Å². The van der Waals surface area contributed by atoms with Crippen molar-refractivity contribution < 1.29 is 9.47 Å². The van der Waals surface area contributed by atoms with Gasteiger partial charge in [-0.05, 0) is 159 Å². The first-order valence-corrected chi connectivity index (χ1v) is 21.5. The second kappa shape index (κ2) is 23.4.